The lowest BCUT2D eigenvalue weighted by Gasteiger charge is -2.09. The zero-order valence-electron chi connectivity index (χ0n) is 12.6. The van der Waals surface area contributed by atoms with Crippen LogP contribution in [0.2, 0.25) is 0 Å². The van der Waals surface area contributed by atoms with E-state index in [2.05, 4.69) is 15.5 Å². The molecular formula is C17H16N4O2. The van der Waals surface area contributed by atoms with Gasteiger partial charge in [0, 0.05) is 16.6 Å². The number of benzene rings is 2. The van der Waals surface area contributed by atoms with E-state index >= 15 is 0 Å². The molecule has 23 heavy (non-hydrogen) atoms. The molecule has 2 aromatic carbocycles. The van der Waals surface area contributed by atoms with E-state index in [4.69, 9.17) is 5.73 Å². The summed E-state index contributed by atoms with van der Waals surface area (Å²) in [4.78, 5) is 23.3. The fourth-order valence-corrected chi connectivity index (χ4v) is 2.43. The van der Waals surface area contributed by atoms with Crippen LogP contribution in [0.1, 0.15) is 21.5 Å². The summed E-state index contributed by atoms with van der Waals surface area (Å²) in [6.45, 7) is 1.82. The number of aromatic nitrogens is 2. The largest absolute Gasteiger partial charge is 0.366 e. The standard InChI is InChI=1S/C17H16N4O2/c1-10-6-12(17(18)23)4-5-14(10)20-16(22)8-11-2-3-13-9-19-21-15(13)7-11/h2-7,9H,8H2,1H3,(H2,18,23)(H,19,21)(H,20,22). The number of hydrogen-bond donors (Lipinski definition) is 3. The maximum absolute atomic E-state index is 12.2. The summed E-state index contributed by atoms with van der Waals surface area (Å²) in [6, 6.07) is 10.7. The van der Waals surface area contributed by atoms with Gasteiger partial charge in [-0.2, -0.15) is 5.10 Å². The number of hydrogen-bond acceptors (Lipinski definition) is 3. The molecule has 0 fully saturated rings. The fraction of sp³-hybridized carbons (Fsp3) is 0.118. The highest BCUT2D eigenvalue weighted by Crippen LogP contribution is 2.18. The minimum atomic E-state index is -0.487. The van der Waals surface area contributed by atoms with Gasteiger partial charge in [0.15, 0.2) is 0 Å². The lowest BCUT2D eigenvalue weighted by Crippen LogP contribution is -2.16. The number of nitrogens with zero attached hydrogens (tertiary/aromatic N) is 1. The number of H-pyrrole nitrogens is 1. The number of aromatic amines is 1. The third-order valence-corrected chi connectivity index (χ3v) is 3.66. The first-order chi connectivity index (χ1) is 11.0. The first-order valence-electron chi connectivity index (χ1n) is 7.15. The van der Waals surface area contributed by atoms with Crippen molar-refractivity contribution >= 4 is 28.4 Å². The van der Waals surface area contributed by atoms with Crippen LogP contribution < -0.4 is 11.1 Å². The van der Waals surface area contributed by atoms with E-state index in [1.165, 1.54) is 0 Å². The summed E-state index contributed by atoms with van der Waals surface area (Å²) in [5.74, 6) is -0.613. The number of aryl methyl sites for hydroxylation is 1. The SMILES string of the molecule is Cc1cc(C(N)=O)ccc1NC(=O)Cc1ccc2cn[nH]c2c1. The van der Waals surface area contributed by atoms with Gasteiger partial charge in [-0.3, -0.25) is 14.7 Å². The van der Waals surface area contributed by atoms with Gasteiger partial charge < -0.3 is 11.1 Å². The summed E-state index contributed by atoms with van der Waals surface area (Å²) < 4.78 is 0. The van der Waals surface area contributed by atoms with Crippen molar-refractivity contribution in [1.29, 1.82) is 0 Å². The highest BCUT2D eigenvalue weighted by atomic mass is 16.2. The van der Waals surface area contributed by atoms with E-state index in [9.17, 15) is 9.59 Å². The first kappa shape index (κ1) is 14.8. The monoisotopic (exact) mass is 308 g/mol. The smallest absolute Gasteiger partial charge is 0.248 e. The maximum atomic E-state index is 12.2. The van der Waals surface area contributed by atoms with Gasteiger partial charge >= 0.3 is 0 Å². The molecule has 0 atom stereocenters. The Balaban J connectivity index is 1.72. The number of carbonyl (C=O) groups is 2. The average molecular weight is 308 g/mol. The van der Waals surface area contributed by atoms with E-state index in [0.717, 1.165) is 22.0 Å². The van der Waals surface area contributed by atoms with Crippen molar-refractivity contribution in [2.24, 2.45) is 5.73 Å². The van der Waals surface area contributed by atoms with E-state index in [0.29, 0.717) is 11.3 Å². The second kappa shape index (κ2) is 5.92. The van der Waals surface area contributed by atoms with Crippen LogP contribution in [0.4, 0.5) is 5.69 Å². The lowest BCUT2D eigenvalue weighted by atomic mass is 10.1. The van der Waals surface area contributed by atoms with Crippen LogP contribution in [0, 0.1) is 6.92 Å². The van der Waals surface area contributed by atoms with Gasteiger partial charge in [-0.25, -0.2) is 0 Å². The number of amides is 2. The average Bonchev–Trinajstić information content (AvgIpc) is 2.96. The Morgan fingerprint density at radius 3 is 2.78 bits per heavy atom. The minimum Gasteiger partial charge on any atom is -0.366 e. The molecule has 1 aromatic heterocycles. The van der Waals surface area contributed by atoms with Gasteiger partial charge in [0.25, 0.3) is 0 Å². The third-order valence-electron chi connectivity index (χ3n) is 3.66. The topological polar surface area (TPSA) is 101 Å². The van der Waals surface area contributed by atoms with Crippen molar-refractivity contribution in [3.05, 3.63) is 59.3 Å². The summed E-state index contributed by atoms with van der Waals surface area (Å²) in [7, 11) is 0. The predicted molar refractivity (Wildman–Crippen MR) is 88.1 cm³/mol. The number of anilines is 1. The summed E-state index contributed by atoms with van der Waals surface area (Å²) in [5.41, 5.74) is 8.91. The van der Waals surface area contributed by atoms with E-state index in [-0.39, 0.29) is 12.3 Å². The van der Waals surface area contributed by atoms with Gasteiger partial charge in [-0.15, -0.1) is 0 Å². The Kier molecular flexibility index (Phi) is 3.80. The molecule has 0 aliphatic carbocycles. The molecule has 3 rings (SSSR count). The number of nitrogens with one attached hydrogen (secondary N) is 2. The van der Waals surface area contributed by atoms with E-state index in [1.54, 1.807) is 24.4 Å². The van der Waals surface area contributed by atoms with Crippen LogP contribution >= 0.6 is 0 Å². The molecule has 116 valence electrons. The van der Waals surface area contributed by atoms with Crippen LogP contribution in [0.5, 0.6) is 0 Å². The summed E-state index contributed by atoms with van der Waals surface area (Å²) in [6.07, 6.45) is 1.99. The van der Waals surface area contributed by atoms with Crippen molar-refractivity contribution in [2.45, 2.75) is 13.3 Å². The molecule has 2 amide bonds. The van der Waals surface area contributed by atoms with Crippen molar-refractivity contribution in [1.82, 2.24) is 10.2 Å². The fourth-order valence-electron chi connectivity index (χ4n) is 2.43. The van der Waals surface area contributed by atoms with Gasteiger partial charge in [0.1, 0.15) is 0 Å². The lowest BCUT2D eigenvalue weighted by molar-refractivity contribution is -0.115. The molecular weight excluding hydrogens is 292 g/mol. The molecule has 6 heteroatoms. The number of fused-ring (bicyclic) bond motifs is 1. The van der Waals surface area contributed by atoms with E-state index < -0.39 is 5.91 Å². The zero-order valence-corrected chi connectivity index (χ0v) is 12.6. The predicted octanol–water partition coefficient (Wildman–Crippen LogP) is 2.15. The Bertz CT molecular complexity index is 898. The number of primary amides is 1. The molecule has 0 bridgehead atoms. The van der Waals surface area contributed by atoms with Gasteiger partial charge in [-0.1, -0.05) is 12.1 Å². The van der Waals surface area contributed by atoms with Gasteiger partial charge in [0.2, 0.25) is 11.8 Å². The van der Waals surface area contributed by atoms with Crippen LogP contribution in [-0.2, 0) is 11.2 Å². The van der Waals surface area contributed by atoms with Gasteiger partial charge in [-0.05, 0) is 42.3 Å². The number of nitrogens with two attached hydrogens (primary N) is 1. The van der Waals surface area contributed by atoms with Crippen LogP contribution in [0.3, 0.4) is 0 Å². The third kappa shape index (κ3) is 3.21. The highest BCUT2D eigenvalue weighted by Gasteiger charge is 2.09. The second-order valence-corrected chi connectivity index (χ2v) is 5.41. The molecule has 4 N–H and O–H groups in total. The molecule has 0 saturated carbocycles. The van der Waals surface area contributed by atoms with Crippen molar-refractivity contribution < 1.29 is 9.59 Å². The maximum Gasteiger partial charge on any atom is 0.248 e. The van der Waals surface area contributed by atoms with Crippen LogP contribution in [-0.4, -0.2) is 22.0 Å². The number of carbonyl (C=O) groups excluding carboxylic acids is 2. The molecule has 0 unspecified atom stereocenters. The molecule has 1 heterocycles. The highest BCUT2D eigenvalue weighted by molar-refractivity contribution is 5.96. The molecule has 3 aromatic rings. The summed E-state index contributed by atoms with van der Waals surface area (Å²) >= 11 is 0. The second-order valence-electron chi connectivity index (χ2n) is 5.41. The molecule has 0 saturated heterocycles. The van der Waals surface area contributed by atoms with Crippen LogP contribution in [0.25, 0.3) is 10.9 Å². The van der Waals surface area contributed by atoms with Crippen molar-refractivity contribution in [3.63, 3.8) is 0 Å². The van der Waals surface area contributed by atoms with Gasteiger partial charge in [0.05, 0.1) is 18.1 Å². The first-order valence-corrected chi connectivity index (χ1v) is 7.15. The van der Waals surface area contributed by atoms with E-state index in [1.807, 2.05) is 25.1 Å². The zero-order chi connectivity index (χ0) is 16.4. The molecule has 0 aliphatic rings. The Labute approximate surface area is 132 Å². The van der Waals surface area contributed by atoms with Crippen LogP contribution in [0.15, 0.2) is 42.6 Å². The Morgan fingerprint density at radius 1 is 1.22 bits per heavy atom. The molecule has 0 aliphatic heterocycles. The molecule has 6 nitrogen and oxygen atoms in total. The number of rotatable bonds is 4. The van der Waals surface area contributed by atoms with Crippen molar-refractivity contribution in [3.8, 4) is 0 Å². The normalized spacial score (nSPS) is 10.7. The Hall–Kier alpha value is -3.15. The summed E-state index contributed by atoms with van der Waals surface area (Å²) in [5, 5.41) is 10.7. The molecule has 0 spiro atoms. The molecule has 0 radical (unpaired) electrons. The quantitative estimate of drug-likeness (QED) is 0.688. The minimum absolute atomic E-state index is 0.126. The van der Waals surface area contributed by atoms with Crippen molar-refractivity contribution in [2.75, 3.05) is 5.32 Å². The Morgan fingerprint density at radius 2 is 2.04 bits per heavy atom.